The number of H-pyrrole nitrogens is 1. The molecule has 1 fully saturated rings. The fraction of sp³-hybridized carbons (Fsp3) is 0.292. The Morgan fingerprint density at radius 1 is 1.16 bits per heavy atom. The van der Waals surface area contributed by atoms with Crippen molar-refractivity contribution in [1.82, 2.24) is 25.0 Å². The number of pyridine rings is 1. The first-order valence-electron chi connectivity index (χ1n) is 10.8. The highest BCUT2D eigenvalue weighted by atomic mass is 16.5. The summed E-state index contributed by atoms with van der Waals surface area (Å²) in [6.07, 6.45) is 6.20. The van der Waals surface area contributed by atoms with Crippen LogP contribution in [0.25, 0.3) is 22.2 Å². The van der Waals surface area contributed by atoms with Gasteiger partial charge in [-0.2, -0.15) is 5.10 Å². The molecular weight excluding hydrogens is 406 g/mol. The first-order chi connectivity index (χ1) is 15.7. The molecule has 1 aliphatic heterocycles. The second kappa shape index (κ2) is 8.84. The summed E-state index contributed by atoms with van der Waals surface area (Å²) in [7, 11) is 0. The van der Waals surface area contributed by atoms with Crippen LogP contribution in [0.3, 0.4) is 0 Å². The van der Waals surface area contributed by atoms with Crippen molar-refractivity contribution in [2.75, 3.05) is 32.7 Å². The number of rotatable bonds is 6. The molecule has 5 rings (SSSR count). The van der Waals surface area contributed by atoms with Crippen LogP contribution in [0.2, 0.25) is 0 Å². The zero-order chi connectivity index (χ0) is 21.9. The van der Waals surface area contributed by atoms with Crippen LogP contribution in [-0.2, 0) is 11.2 Å². The molecule has 8 heteroatoms. The summed E-state index contributed by atoms with van der Waals surface area (Å²) in [5.41, 5.74) is 3.84. The Kier molecular flexibility index (Phi) is 5.60. The van der Waals surface area contributed by atoms with Crippen molar-refractivity contribution in [2.45, 2.75) is 13.3 Å². The van der Waals surface area contributed by atoms with Gasteiger partial charge in [-0.1, -0.05) is 0 Å². The summed E-state index contributed by atoms with van der Waals surface area (Å²) in [5.74, 6) is 1.36. The molecule has 164 valence electrons. The molecule has 32 heavy (non-hydrogen) atoms. The van der Waals surface area contributed by atoms with Gasteiger partial charge in [-0.05, 0) is 36.2 Å². The van der Waals surface area contributed by atoms with Gasteiger partial charge in [0.15, 0.2) is 0 Å². The topological polar surface area (TPSA) is 87.5 Å². The fourth-order valence-electron chi connectivity index (χ4n) is 4.02. The van der Waals surface area contributed by atoms with Crippen LogP contribution in [0.4, 0.5) is 0 Å². The maximum absolute atomic E-state index is 11.5. The molecule has 0 bridgehead atoms. The number of nitrogens with one attached hydrogen (secondary N) is 1. The van der Waals surface area contributed by atoms with E-state index in [-0.39, 0.29) is 5.91 Å². The number of fused-ring (bicyclic) bond motifs is 1. The first kappa shape index (κ1) is 20.3. The van der Waals surface area contributed by atoms with Gasteiger partial charge in [-0.3, -0.25) is 14.8 Å². The van der Waals surface area contributed by atoms with Crippen molar-refractivity contribution >= 4 is 16.9 Å². The number of amides is 1. The van der Waals surface area contributed by atoms with Crippen molar-refractivity contribution in [3.63, 3.8) is 0 Å². The van der Waals surface area contributed by atoms with E-state index in [4.69, 9.17) is 9.15 Å². The van der Waals surface area contributed by atoms with E-state index in [0.717, 1.165) is 61.4 Å². The number of carbonyl (C=O) groups is 1. The number of piperazine rings is 1. The molecule has 0 radical (unpaired) electrons. The molecule has 0 atom stereocenters. The minimum Gasteiger partial charge on any atom is -0.464 e. The predicted octanol–water partition coefficient (Wildman–Crippen LogP) is 3.72. The van der Waals surface area contributed by atoms with E-state index in [1.54, 1.807) is 19.3 Å². The number of carbonyl (C=O) groups excluding carboxylic acids is 1. The van der Waals surface area contributed by atoms with E-state index in [1.807, 2.05) is 47.6 Å². The Morgan fingerprint density at radius 3 is 2.75 bits per heavy atom. The molecule has 1 N–H and O–H groups in total. The van der Waals surface area contributed by atoms with Crippen molar-refractivity contribution < 1.29 is 13.9 Å². The van der Waals surface area contributed by atoms with E-state index in [9.17, 15) is 4.79 Å². The number of aromatic nitrogens is 3. The third-order valence-corrected chi connectivity index (χ3v) is 5.91. The Bertz CT molecular complexity index is 1190. The van der Waals surface area contributed by atoms with E-state index < -0.39 is 0 Å². The number of hydrogen-bond acceptors (Lipinski definition) is 6. The minimum absolute atomic E-state index is 0.160. The fourth-order valence-corrected chi connectivity index (χ4v) is 4.02. The maximum atomic E-state index is 11.5. The minimum atomic E-state index is 0.160. The monoisotopic (exact) mass is 431 g/mol. The number of nitrogens with zero attached hydrogens (tertiary/aromatic N) is 4. The first-order valence-corrected chi connectivity index (χ1v) is 10.8. The lowest BCUT2D eigenvalue weighted by molar-refractivity contribution is -0.130. The van der Waals surface area contributed by atoms with Gasteiger partial charge in [0, 0.05) is 75.1 Å². The molecule has 1 saturated heterocycles. The smallest absolute Gasteiger partial charge is 0.219 e. The molecule has 0 saturated carbocycles. The third-order valence-electron chi connectivity index (χ3n) is 5.91. The SMILES string of the molecule is CC(=O)N1CCN(CCc2coc3cc(Oc4ccc(-c5ccn[nH]5)cn4)ccc23)CC1. The largest absolute Gasteiger partial charge is 0.464 e. The quantitative estimate of drug-likeness (QED) is 0.501. The number of benzene rings is 1. The number of hydrogen-bond donors (Lipinski definition) is 1. The van der Waals surface area contributed by atoms with E-state index in [0.29, 0.717) is 11.6 Å². The predicted molar refractivity (Wildman–Crippen MR) is 121 cm³/mol. The van der Waals surface area contributed by atoms with Gasteiger partial charge in [-0.15, -0.1) is 0 Å². The summed E-state index contributed by atoms with van der Waals surface area (Å²) in [5, 5.41) is 7.98. The van der Waals surface area contributed by atoms with Crippen molar-refractivity contribution in [2.24, 2.45) is 0 Å². The van der Waals surface area contributed by atoms with E-state index >= 15 is 0 Å². The van der Waals surface area contributed by atoms with Crippen LogP contribution >= 0.6 is 0 Å². The lowest BCUT2D eigenvalue weighted by atomic mass is 10.1. The lowest BCUT2D eigenvalue weighted by Gasteiger charge is -2.34. The highest BCUT2D eigenvalue weighted by Crippen LogP contribution is 2.29. The van der Waals surface area contributed by atoms with Crippen LogP contribution in [0.1, 0.15) is 12.5 Å². The van der Waals surface area contributed by atoms with Gasteiger partial charge in [-0.25, -0.2) is 4.98 Å². The molecular formula is C24H25N5O3. The lowest BCUT2D eigenvalue weighted by Crippen LogP contribution is -2.48. The van der Waals surface area contributed by atoms with Gasteiger partial charge in [0.05, 0.1) is 12.0 Å². The summed E-state index contributed by atoms with van der Waals surface area (Å²) >= 11 is 0. The van der Waals surface area contributed by atoms with E-state index in [2.05, 4.69) is 20.1 Å². The second-order valence-electron chi connectivity index (χ2n) is 7.97. The van der Waals surface area contributed by atoms with Gasteiger partial charge < -0.3 is 14.1 Å². The van der Waals surface area contributed by atoms with Gasteiger partial charge in [0.1, 0.15) is 11.3 Å². The van der Waals surface area contributed by atoms with Crippen LogP contribution in [0.5, 0.6) is 11.6 Å². The van der Waals surface area contributed by atoms with Crippen LogP contribution in [-0.4, -0.2) is 63.6 Å². The Hall–Kier alpha value is -3.65. The molecule has 1 aliphatic rings. The maximum Gasteiger partial charge on any atom is 0.219 e. The molecule has 1 amide bonds. The Labute approximate surface area is 185 Å². The third kappa shape index (κ3) is 4.36. The second-order valence-corrected chi connectivity index (χ2v) is 7.97. The highest BCUT2D eigenvalue weighted by Gasteiger charge is 2.18. The average molecular weight is 431 g/mol. The normalized spacial score (nSPS) is 14.7. The van der Waals surface area contributed by atoms with Crippen molar-refractivity contribution in [1.29, 1.82) is 0 Å². The number of furan rings is 1. The van der Waals surface area contributed by atoms with Gasteiger partial charge >= 0.3 is 0 Å². The van der Waals surface area contributed by atoms with Crippen molar-refractivity contribution in [3.8, 4) is 22.9 Å². The molecule has 0 aliphatic carbocycles. The van der Waals surface area contributed by atoms with Crippen LogP contribution < -0.4 is 4.74 Å². The van der Waals surface area contributed by atoms with Gasteiger partial charge in [0.25, 0.3) is 0 Å². The van der Waals surface area contributed by atoms with Gasteiger partial charge in [0.2, 0.25) is 11.8 Å². The summed E-state index contributed by atoms with van der Waals surface area (Å²) in [6, 6.07) is 11.5. The molecule has 8 nitrogen and oxygen atoms in total. The number of ether oxygens (including phenoxy) is 1. The Balaban J connectivity index is 1.21. The molecule has 4 aromatic rings. The standard InChI is InChI=1S/C24H25N5O3/c1-17(30)29-12-10-28(11-13-29)9-7-19-16-31-23-14-20(3-4-21(19)23)32-24-5-2-18(15-25-24)22-6-8-26-27-22/h2-6,8,14-16H,7,9-13H2,1H3,(H,26,27). The molecule has 1 aromatic carbocycles. The van der Waals surface area contributed by atoms with E-state index in [1.165, 1.54) is 5.56 Å². The molecule has 3 aromatic heterocycles. The highest BCUT2D eigenvalue weighted by molar-refractivity contribution is 5.82. The number of aromatic amines is 1. The zero-order valence-corrected chi connectivity index (χ0v) is 18.0. The van der Waals surface area contributed by atoms with Crippen molar-refractivity contribution in [3.05, 3.63) is 60.6 Å². The molecule has 4 heterocycles. The summed E-state index contributed by atoms with van der Waals surface area (Å²) in [4.78, 5) is 20.2. The molecule has 0 unspecified atom stereocenters. The summed E-state index contributed by atoms with van der Waals surface area (Å²) in [6.45, 7) is 6.03. The zero-order valence-electron chi connectivity index (χ0n) is 18.0. The summed E-state index contributed by atoms with van der Waals surface area (Å²) < 4.78 is 11.7. The Morgan fingerprint density at radius 2 is 2.03 bits per heavy atom. The molecule has 0 spiro atoms. The van der Waals surface area contributed by atoms with Crippen LogP contribution in [0.15, 0.2) is 59.5 Å². The average Bonchev–Trinajstić information content (AvgIpc) is 3.49. The van der Waals surface area contributed by atoms with Crippen LogP contribution in [0, 0.1) is 0 Å².